The summed E-state index contributed by atoms with van der Waals surface area (Å²) in [5.41, 5.74) is 1.76. The van der Waals surface area contributed by atoms with E-state index in [1.54, 1.807) is 24.3 Å². The van der Waals surface area contributed by atoms with Crippen LogP contribution in [0.4, 0.5) is 18.9 Å². The first-order valence-electron chi connectivity index (χ1n) is 9.95. The van der Waals surface area contributed by atoms with E-state index in [0.29, 0.717) is 27.4 Å². The fourth-order valence-electron chi connectivity index (χ4n) is 2.95. The van der Waals surface area contributed by atoms with Gasteiger partial charge >= 0.3 is 6.43 Å². The van der Waals surface area contributed by atoms with Gasteiger partial charge in [-0.15, -0.1) is 10.2 Å². The number of alkyl halides is 3. The SMILES string of the molecule is CN1CCC(I=O)CC1.Fc1cccc(NCc2ccc(-c3nnc(C(F)F)o3)cn2)c1. The molecule has 0 radical (unpaired) electrons. The van der Waals surface area contributed by atoms with Gasteiger partial charge in [0.05, 0.1) is 17.8 Å². The third-order valence-electron chi connectivity index (χ3n) is 4.77. The van der Waals surface area contributed by atoms with Gasteiger partial charge in [0.15, 0.2) is 0 Å². The number of anilines is 1. The number of aromatic nitrogens is 3. The van der Waals surface area contributed by atoms with Crippen LogP contribution in [0, 0.1) is 5.82 Å². The number of benzene rings is 1. The van der Waals surface area contributed by atoms with Crippen molar-refractivity contribution in [2.45, 2.75) is 29.7 Å². The number of hydrogen-bond acceptors (Lipinski definition) is 7. The molecule has 1 saturated heterocycles. The predicted octanol–water partition coefficient (Wildman–Crippen LogP) is 5.22. The first-order chi connectivity index (χ1) is 15.4. The molecule has 0 unspecified atom stereocenters. The lowest BCUT2D eigenvalue weighted by Crippen LogP contribution is -2.30. The Kier molecular flexibility index (Phi) is 9.09. The van der Waals surface area contributed by atoms with Gasteiger partial charge in [-0.2, -0.15) is 8.78 Å². The number of likely N-dealkylation sites (tertiary alicyclic amines) is 1. The zero-order chi connectivity index (χ0) is 22.9. The van der Waals surface area contributed by atoms with Crippen LogP contribution in [-0.4, -0.2) is 44.1 Å². The second kappa shape index (κ2) is 12.0. The fourth-order valence-corrected chi connectivity index (χ4v) is 4.02. The summed E-state index contributed by atoms with van der Waals surface area (Å²) >= 11 is -0.710. The van der Waals surface area contributed by atoms with E-state index in [2.05, 4.69) is 32.4 Å². The highest BCUT2D eigenvalue weighted by atomic mass is 127. The molecule has 0 saturated carbocycles. The zero-order valence-corrected chi connectivity index (χ0v) is 19.5. The lowest BCUT2D eigenvalue weighted by atomic mass is 10.1. The Morgan fingerprint density at radius 3 is 2.59 bits per heavy atom. The minimum Gasteiger partial charge on any atom is -0.415 e. The van der Waals surface area contributed by atoms with Crippen LogP contribution in [0.15, 0.2) is 47.0 Å². The number of piperidine rings is 1. The molecule has 0 bridgehead atoms. The van der Waals surface area contributed by atoms with Crippen LogP contribution in [0.1, 0.15) is 30.9 Å². The highest BCUT2D eigenvalue weighted by Gasteiger charge is 2.17. The van der Waals surface area contributed by atoms with E-state index in [4.69, 9.17) is 4.42 Å². The van der Waals surface area contributed by atoms with E-state index < -0.39 is 33.5 Å². The Hall–Kier alpha value is -2.41. The van der Waals surface area contributed by atoms with E-state index in [-0.39, 0.29) is 11.7 Å². The van der Waals surface area contributed by atoms with Crippen LogP contribution in [-0.2, 0) is 9.61 Å². The molecule has 3 aromatic rings. The van der Waals surface area contributed by atoms with E-state index in [1.165, 1.54) is 18.3 Å². The number of pyridine rings is 1. The monoisotopic (exact) mass is 561 g/mol. The molecule has 1 N–H and O–H groups in total. The van der Waals surface area contributed by atoms with E-state index in [0.717, 1.165) is 25.9 Å². The molecule has 1 fully saturated rings. The molecule has 0 atom stereocenters. The molecule has 0 amide bonds. The number of halogens is 4. The van der Waals surface area contributed by atoms with E-state index >= 15 is 0 Å². The summed E-state index contributed by atoms with van der Waals surface area (Å²) in [7, 11) is 2.12. The molecule has 0 spiro atoms. The van der Waals surface area contributed by atoms with Gasteiger partial charge in [0, 0.05) is 15.8 Å². The van der Waals surface area contributed by atoms with Crippen molar-refractivity contribution in [3.63, 3.8) is 0 Å². The van der Waals surface area contributed by atoms with Crippen LogP contribution in [0.25, 0.3) is 11.5 Å². The lowest BCUT2D eigenvalue weighted by molar-refractivity contribution is 0.116. The molecule has 1 aromatic carbocycles. The summed E-state index contributed by atoms with van der Waals surface area (Å²) in [5.74, 6) is -1.07. The Balaban J connectivity index is 0.000000269. The van der Waals surface area contributed by atoms with Gasteiger partial charge in [0.1, 0.15) is 27.0 Å². The van der Waals surface area contributed by atoms with E-state index in [1.807, 2.05) is 0 Å². The Bertz CT molecular complexity index is 995. The molecule has 2 aromatic heterocycles. The fraction of sp³-hybridized carbons (Fsp3) is 0.381. The first kappa shape index (κ1) is 24.2. The normalized spacial score (nSPS) is 14.8. The third-order valence-corrected chi connectivity index (χ3v) is 6.74. The number of nitrogens with zero attached hydrogens (tertiary/aromatic N) is 4. The third kappa shape index (κ3) is 7.33. The molecule has 32 heavy (non-hydrogen) atoms. The molecular weight excluding hydrogens is 538 g/mol. The smallest absolute Gasteiger partial charge is 0.314 e. The highest BCUT2D eigenvalue weighted by molar-refractivity contribution is 14.1. The van der Waals surface area contributed by atoms with Gasteiger partial charge in [0.25, 0.3) is 5.89 Å². The highest BCUT2D eigenvalue weighted by Crippen LogP contribution is 2.23. The number of hydrogen-bond donors (Lipinski definition) is 1. The van der Waals surface area contributed by atoms with Crippen molar-refractivity contribution in [3.8, 4) is 11.5 Å². The molecular formula is C21H23F3IN5O2. The second-order valence-corrected chi connectivity index (χ2v) is 9.49. The maximum absolute atomic E-state index is 13.1. The number of nitrogens with one attached hydrogen (secondary N) is 1. The van der Waals surface area contributed by atoms with Crippen molar-refractivity contribution >= 4 is 26.9 Å². The molecule has 7 nitrogen and oxygen atoms in total. The van der Waals surface area contributed by atoms with Crippen LogP contribution in [0.3, 0.4) is 0 Å². The van der Waals surface area contributed by atoms with Crippen LogP contribution >= 0.6 is 21.2 Å². The minimum absolute atomic E-state index is 0.0163. The van der Waals surface area contributed by atoms with Gasteiger partial charge in [-0.1, -0.05) is 6.07 Å². The maximum atomic E-state index is 13.1. The molecule has 0 aliphatic carbocycles. The summed E-state index contributed by atoms with van der Waals surface area (Å²) < 4.78 is 53.8. The minimum atomic E-state index is -2.81. The van der Waals surface area contributed by atoms with Crippen molar-refractivity contribution in [3.05, 3.63) is 60.0 Å². The van der Waals surface area contributed by atoms with Crippen molar-refractivity contribution < 1.29 is 20.7 Å². The van der Waals surface area contributed by atoms with Crippen molar-refractivity contribution in [1.29, 1.82) is 0 Å². The van der Waals surface area contributed by atoms with Gasteiger partial charge in [0.2, 0.25) is 5.89 Å². The van der Waals surface area contributed by atoms with Crippen LogP contribution in [0.5, 0.6) is 0 Å². The standard InChI is InChI=1S/C15H11F3N4O.C6H12INO/c16-10-2-1-3-11(6-10)20-8-12-5-4-9(7-19-12)14-21-22-15(23-14)13(17)18;1-8-4-2-6(7-9)3-5-8/h1-7,13,20H,8H2;6H,2-5H2,1H3. The average Bonchev–Trinajstić information content (AvgIpc) is 3.30. The number of rotatable bonds is 6. The van der Waals surface area contributed by atoms with E-state index in [9.17, 15) is 16.2 Å². The summed E-state index contributed by atoms with van der Waals surface area (Å²) in [6, 6.07) is 9.40. The largest absolute Gasteiger partial charge is 0.415 e. The first-order valence-corrected chi connectivity index (χ1v) is 12.1. The topological polar surface area (TPSA) is 84.2 Å². The summed E-state index contributed by atoms with van der Waals surface area (Å²) in [6.07, 6.45) is 0.963. The molecule has 1 aliphatic heterocycles. The Morgan fingerprint density at radius 1 is 1.22 bits per heavy atom. The Morgan fingerprint density at radius 2 is 2.00 bits per heavy atom. The molecule has 1 aliphatic rings. The zero-order valence-electron chi connectivity index (χ0n) is 17.3. The van der Waals surface area contributed by atoms with Crippen molar-refractivity contribution in [2.75, 3.05) is 25.5 Å². The van der Waals surface area contributed by atoms with Gasteiger partial charge in [-0.05, 0) is 63.3 Å². The quantitative estimate of drug-likeness (QED) is 0.327. The van der Waals surface area contributed by atoms with Crippen molar-refractivity contribution in [2.24, 2.45) is 0 Å². The molecule has 3 heterocycles. The Labute approximate surface area is 194 Å². The maximum Gasteiger partial charge on any atom is 0.314 e. The van der Waals surface area contributed by atoms with Gasteiger partial charge < -0.3 is 14.6 Å². The van der Waals surface area contributed by atoms with Gasteiger partial charge in [-0.25, -0.2) is 4.39 Å². The lowest BCUT2D eigenvalue weighted by Gasteiger charge is -2.24. The van der Waals surface area contributed by atoms with Crippen molar-refractivity contribution in [1.82, 2.24) is 20.1 Å². The molecule has 4 rings (SSSR count). The molecule has 11 heteroatoms. The molecule has 172 valence electrons. The second-order valence-electron chi connectivity index (χ2n) is 7.22. The van der Waals surface area contributed by atoms with Crippen LogP contribution in [0.2, 0.25) is 0 Å². The summed E-state index contributed by atoms with van der Waals surface area (Å²) in [6.45, 7) is 2.68. The summed E-state index contributed by atoms with van der Waals surface area (Å²) in [5, 5.41) is 9.83. The average molecular weight is 561 g/mol. The predicted molar refractivity (Wildman–Crippen MR) is 121 cm³/mol. The van der Waals surface area contributed by atoms with Gasteiger partial charge in [-0.3, -0.25) is 8.05 Å². The van der Waals surface area contributed by atoms with Crippen LogP contribution < -0.4 is 5.32 Å². The summed E-state index contributed by atoms with van der Waals surface area (Å²) in [4.78, 5) is 6.48.